The summed E-state index contributed by atoms with van der Waals surface area (Å²) in [5, 5.41) is 12.7. The molecule has 1 saturated heterocycles. The van der Waals surface area contributed by atoms with Crippen LogP contribution in [0.25, 0.3) is 11.0 Å². The summed E-state index contributed by atoms with van der Waals surface area (Å²) in [5.74, 6) is 0.808. The van der Waals surface area contributed by atoms with E-state index < -0.39 is 0 Å². The van der Waals surface area contributed by atoms with E-state index in [0.29, 0.717) is 19.5 Å². The number of amides is 3. The van der Waals surface area contributed by atoms with Crippen LogP contribution in [-0.4, -0.2) is 69.8 Å². The molecule has 172 valence electrons. The molecule has 3 amide bonds. The average Bonchev–Trinajstić information content (AvgIpc) is 3.13. The van der Waals surface area contributed by atoms with E-state index in [1.807, 2.05) is 25.1 Å². The van der Waals surface area contributed by atoms with E-state index in [2.05, 4.69) is 20.6 Å². The number of piperazine rings is 1. The molecule has 2 fully saturated rings. The number of benzene rings is 1. The molecular weight excluding hydrogens is 414 g/mol. The highest BCUT2D eigenvalue weighted by Crippen LogP contribution is 2.26. The molecule has 0 atom stereocenters. The first kappa shape index (κ1) is 23.2. The van der Waals surface area contributed by atoms with Gasteiger partial charge in [-0.15, -0.1) is 0 Å². The van der Waals surface area contributed by atoms with E-state index in [4.69, 9.17) is 9.90 Å². The molecule has 32 heavy (non-hydrogen) atoms. The van der Waals surface area contributed by atoms with Gasteiger partial charge in [-0.25, -0.2) is 4.98 Å². The molecule has 1 saturated carbocycles. The van der Waals surface area contributed by atoms with Crippen LogP contribution in [0.4, 0.5) is 0 Å². The average molecular weight is 444 g/mol. The first-order chi connectivity index (χ1) is 15.4. The maximum Gasteiger partial charge on any atom is 0.290 e. The summed E-state index contributed by atoms with van der Waals surface area (Å²) in [6.45, 7) is 2.94. The lowest BCUT2D eigenvalue weighted by molar-refractivity contribution is -0.142. The Labute approximate surface area is 185 Å². The standard InChI is InChI=1S/C21H27N5O3.CH2O2/c1-13-23-17-7-2-14(10-18(17)24-13)11-19(27)25-16-5-3-15(4-6-16)21(29)26-9-8-22-20(28)12-26;2-1-3/h2,7,10,15-16H,3-6,8-9,11-12H2,1H3,(H,22,28)(H,23,24)(H,25,27);1H,(H,2,3). The Morgan fingerprint density at radius 2 is 2.00 bits per heavy atom. The van der Waals surface area contributed by atoms with E-state index in [0.717, 1.165) is 48.1 Å². The Kier molecular flexibility index (Phi) is 7.80. The van der Waals surface area contributed by atoms with E-state index in [9.17, 15) is 14.4 Å². The first-order valence-electron chi connectivity index (χ1n) is 10.8. The summed E-state index contributed by atoms with van der Waals surface area (Å²) >= 11 is 0. The predicted octanol–water partition coefficient (Wildman–Crippen LogP) is 0.748. The molecule has 0 unspecified atom stereocenters. The fourth-order valence-electron chi connectivity index (χ4n) is 4.33. The maximum absolute atomic E-state index is 12.6. The molecule has 10 heteroatoms. The largest absolute Gasteiger partial charge is 0.483 e. The highest BCUT2D eigenvalue weighted by molar-refractivity contribution is 5.87. The zero-order chi connectivity index (χ0) is 23.1. The number of hydrogen-bond acceptors (Lipinski definition) is 5. The molecule has 0 radical (unpaired) electrons. The van der Waals surface area contributed by atoms with Crippen molar-refractivity contribution in [2.75, 3.05) is 19.6 Å². The highest BCUT2D eigenvalue weighted by atomic mass is 16.3. The van der Waals surface area contributed by atoms with Crippen LogP contribution >= 0.6 is 0 Å². The summed E-state index contributed by atoms with van der Waals surface area (Å²) in [5.41, 5.74) is 2.80. The van der Waals surface area contributed by atoms with Crippen molar-refractivity contribution in [2.45, 2.75) is 45.1 Å². The van der Waals surface area contributed by atoms with E-state index in [1.54, 1.807) is 4.90 Å². The Balaban J connectivity index is 0.000000913. The minimum Gasteiger partial charge on any atom is -0.483 e. The normalized spacial score (nSPS) is 20.7. The number of nitrogens with one attached hydrogen (secondary N) is 3. The Morgan fingerprint density at radius 3 is 2.69 bits per heavy atom. The number of rotatable bonds is 4. The number of H-pyrrole nitrogens is 1. The lowest BCUT2D eigenvalue weighted by Crippen LogP contribution is -2.52. The number of carbonyl (C=O) groups excluding carboxylic acids is 3. The van der Waals surface area contributed by atoms with Crippen LogP contribution in [0.3, 0.4) is 0 Å². The minimum atomic E-state index is -0.250. The Hall–Kier alpha value is -3.43. The topological polar surface area (TPSA) is 144 Å². The molecule has 1 aliphatic carbocycles. The maximum atomic E-state index is 12.6. The van der Waals surface area contributed by atoms with Gasteiger partial charge in [0, 0.05) is 25.0 Å². The van der Waals surface area contributed by atoms with Crippen molar-refractivity contribution in [3.05, 3.63) is 29.6 Å². The molecule has 10 nitrogen and oxygen atoms in total. The van der Waals surface area contributed by atoms with Gasteiger partial charge in [0.15, 0.2) is 0 Å². The molecule has 1 aromatic heterocycles. The van der Waals surface area contributed by atoms with E-state index in [-0.39, 0.29) is 42.7 Å². The lowest BCUT2D eigenvalue weighted by Gasteiger charge is -2.34. The number of carboxylic acid groups (broad SMARTS) is 1. The number of aromatic amines is 1. The van der Waals surface area contributed by atoms with Crippen LogP contribution in [0, 0.1) is 12.8 Å². The molecule has 0 bridgehead atoms. The fourth-order valence-corrected chi connectivity index (χ4v) is 4.33. The SMILES string of the molecule is Cc1nc2ccc(CC(=O)NC3CCC(C(=O)N4CCNC(=O)C4)CC3)cc2[nH]1.O=CO. The second-order valence-corrected chi connectivity index (χ2v) is 8.18. The highest BCUT2D eigenvalue weighted by Gasteiger charge is 2.31. The lowest BCUT2D eigenvalue weighted by atomic mass is 9.85. The molecule has 1 aliphatic heterocycles. The monoisotopic (exact) mass is 443 g/mol. The van der Waals surface area contributed by atoms with Crippen LogP contribution in [0.1, 0.15) is 37.1 Å². The molecule has 4 N–H and O–H groups in total. The van der Waals surface area contributed by atoms with Gasteiger partial charge >= 0.3 is 0 Å². The van der Waals surface area contributed by atoms with Crippen molar-refractivity contribution < 1.29 is 24.3 Å². The molecule has 2 aromatic rings. The Bertz CT molecular complexity index is 980. The quantitative estimate of drug-likeness (QED) is 0.513. The zero-order valence-electron chi connectivity index (χ0n) is 18.1. The third-order valence-electron chi connectivity index (χ3n) is 5.82. The fraction of sp³-hybridized carbons (Fsp3) is 0.500. The van der Waals surface area contributed by atoms with Gasteiger partial charge in [0.1, 0.15) is 5.82 Å². The number of nitrogens with zero attached hydrogens (tertiary/aromatic N) is 2. The Morgan fingerprint density at radius 1 is 1.28 bits per heavy atom. The number of aromatic nitrogens is 2. The summed E-state index contributed by atoms with van der Waals surface area (Å²) in [6, 6.07) is 5.94. The van der Waals surface area contributed by atoms with Gasteiger partial charge in [-0.1, -0.05) is 6.07 Å². The van der Waals surface area contributed by atoms with Crippen molar-refractivity contribution in [3.63, 3.8) is 0 Å². The van der Waals surface area contributed by atoms with Crippen LogP contribution in [-0.2, 0) is 25.6 Å². The van der Waals surface area contributed by atoms with Crippen LogP contribution in [0.5, 0.6) is 0 Å². The molecule has 0 spiro atoms. The molecule has 2 aliphatic rings. The summed E-state index contributed by atoms with van der Waals surface area (Å²) in [6.07, 6.45) is 3.42. The first-order valence-corrected chi connectivity index (χ1v) is 10.8. The second-order valence-electron chi connectivity index (χ2n) is 8.18. The van der Waals surface area contributed by atoms with Crippen molar-refractivity contribution in [1.82, 2.24) is 25.5 Å². The van der Waals surface area contributed by atoms with Gasteiger partial charge in [0.25, 0.3) is 6.47 Å². The molecular formula is C22H29N5O5. The second kappa shape index (κ2) is 10.7. The van der Waals surface area contributed by atoms with Gasteiger partial charge in [-0.3, -0.25) is 19.2 Å². The molecule has 4 rings (SSSR count). The third-order valence-corrected chi connectivity index (χ3v) is 5.82. The number of hydrogen-bond donors (Lipinski definition) is 4. The predicted molar refractivity (Wildman–Crippen MR) is 117 cm³/mol. The number of fused-ring (bicyclic) bond motifs is 1. The minimum absolute atomic E-state index is 0.00284. The van der Waals surface area contributed by atoms with Crippen molar-refractivity contribution in [1.29, 1.82) is 0 Å². The van der Waals surface area contributed by atoms with Crippen molar-refractivity contribution >= 4 is 35.2 Å². The summed E-state index contributed by atoms with van der Waals surface area (Å²) in [4.78, 5) is 54.2. The van der Waals surface area contributed by atoms with Gasteiger partial charge < -0.3 is 25.6 Å². The number of carbonyl (C=O) groups is 4. The van der Waals surface area contributed by atoms with Gasteiger partial charge in [-0.05, 0) is 50.3 Å². The van der Waals surface area contributed by atoms with Crippen molar-refractivity contribution in [3.8, 4) is 0 Å². The van der Waals surface area contributed by atoms with E-state index >= 15 is 0 Å². The van der Waals surface area contributed by atoms with Crippen LogP contribution < -0.4 is 10.6 Å². The number of aryl methyl sites for hydroxylation is 1. The van der Waals surface area contributed by atoms with Gasteiger partial charge in [0.05, 0.1) is 24.0 Å². The third kappa shape index (κ3) is 6.05. The summed E-state index contributed by atoms with van der Waals surface area (Å²) in [7, 11) is 0. The summed E-state index contributed by atoms with van der Waals surface area (Å²) < 4.78 is 0. The van der Waals surface area contributed by atoms with Crippen LogP contribution in [0.2, 0.25) is 0 Å². The van der Waals surface area contributed by atoms with Crippen LogP contribution in [0.15, 0.2) is 18.2 Å². The van der Waals surface area contributed by atoms with Gasteiger partial charge in [-0.2, -0.15) is 0 Å². The van der Waals surface area contributed by atoms with Crippen molar-refractivity contribution in [2.24, 2.45) is 5.92 Å². The molecule has 1 aromatic carbocycles. The van der Waals surface area contributed by atoms with Gasteiger partial charge in [0.2, 0.25) is 17.7 Å². The smallest absolute Gasteiger partial charge is 0.290 e. The zero-order valence-corrected chi connectivity index (χ0v) is 18.1. The van der Waals surface area contributed by atoms with E-state index in [1.165, 1.54) is 0 Å². The molecule has 2 heterocycles. The number of imidazole rings is 1.